The first-order valence-corrected chi connectivity index (χ1v) is 13.6. The number of hydrogen-bond acceptors (Lipinski definition) is 5. The lowest BCUT2D eigenvalue weighted by molar-refractivity contribution is 0.249. The van der Waals surface area contributed by atoms with Crippen molar-refractivity contribution in [1.82, 2.24) is 19.9 Å². The normalized spacial score (nSPS) is 16.6. The van der Waals surface area contributed by atoms with E-state index in [0.717, 1.165) is 23.1 Å². The fourth-order valence-electron chi connectivity index (χ4n) is 4.12. The third kappa shape index (κ3) is 6.62. The van der Waals surface area contributed by atoms with Crippen LogP contribution in [0.15, 0.2) is 59.5 Å². The van der Waals surface area contributed by atoms with Crippen LogP contribution in [0.4, 0.5) is 10.5 Å². The van der Waals surface area contributed by atoms with Crippen molar-refractivity contribution in [3.8, 4) is 0 Å². The van der Waals surface area contributed by atoms with Gasteiger partial charge < -0.3 is 10.6 Å². The summed E-state index contributed by atoms with van der Waals surface area (Å²) in [7, 11) is -3.65. The maximum atomic E-state index is 12.7. The van der Waals surface area contributed by atoms with Gasteiger partial charge >= 0.3 is 6.03 Å². The molecular formula is C24H27Cl2N5O3S. The Morgan fingerprint density at radius 1 is 1.17 bits per heavy atom. The first kappa shape index (κ1) is 25.7. The molecular weight excluding hydrogens is 509 g/mol. The molecule has 3 N–H and O–H groups in total. The van der Waals surface area contributed by atoms with E-state index in [2.05, 4.69) is 25.2 Å². The number of halogens is 2. The first-order valence-electron chi connectivity index (χ1n) is 11.3. The molecule has 2 heterocycles. The number of fused-ring (bicyclic) bond motifs is 1. The number of pyridine rings is 1. The standard InChI is InChI=1S/C24H27Cl2N5O3S/c1-16-14-22(20-4-2-3-5-21(20)28-16)29-24(32)27-11-13-31-12-10-18(15-31)30-35(33,34)19-8-6-17(7-9-19)23(25)26/h2-9,14,18,23,30H,10-13,15H2,1H3,(H2,27,28,29,32). The van der Waals surface area contributed by atoms with Crippen LogP contribution in [0.25, 0.3) is 10.9 Å². The SMILES string of the molecule is Cc1cc(NC(=O)NCCN2CCC(NS(=O)(=O)c3ccc(C(Cl)Cl)cc3)C2)c2ccccc2n1. The van der Waals surface area contributed by atoms with Gasteiger partial charge in [0.05, 0.1) is 16.1 Å². The fraction of sp³-hybridized carbons (Fsp3) is 0.333. The molecule has 1 aliphatic heterocycles. The molecule has 4 rings (SSSR count). The summed E-state index contributed by atoms with van der Waals surface area (Å²) < 4.78 is 28.2. The fourth-order valence-corrected chi connectivity index (χ4v) is 5.67. The number of benzene rings is 2. The number of sulfonamides is 1. The highest BCUT2D eigenvalue weighted by molar-refractivity contribution is 7.89. The molecule has 0 saturated carbocycles. The lowest BCUT2D eigenvalue weighted by Crippen LogP contribution is -2.39. The van der Waals surface area contributed by atoms with Gasteiger partial charge in [-0.3, -0.25) is 9.88 Å². The second-order valence-electron chi connectivity index (χ2n) is 8.49. The molecule has 8 nitrogen and oxygen atoms in total. The molecule has 1 aromatic heterocycles. The summed E-state index contributed by atoms with van der Waals surface area (Å²) in [5.41, 5.74) is 3.00. The van der Waals surface area contributed by atoms with Crippen LogP contribution in [0.2, 0.25) is 0 Å². The Morgan fingerprint density at radius 2 is 1.91 bits per heavy atom. The van der Waals surface area contributed by atoms with Crippen LogP contribution in [-0.4, -0.2) is 56.6 Å². The van der Waals surface area contributed by atoms with Gasteiger partial charge in [0.1, 0.15) is 4.84 Å². The first-order chi connectivity index (χ1) is 16.7. The minimum Gasteiger partial charge on any atom is -0.337 e. The van der Waals surface area contributed by atoms with Crippen molar-refractivity contribution >= 4 is 55.8 Å². The van der Waals surface area contributed by atoms with Crippen LogP contribution in [0, 0.1) is 6.92 Å². The van der Waals surface area contributed by atoms with E-state index >= 15 is 0 Å². The van der Waals surface area contributed by atoms with Crippen LogP contribution >= 0.6 is 23.2 Å². The van der Waals surface area contributed by atoms with E-state index in [1.54, 1.807) is 12.1 Å². The molecule has 1 atom stereocenters. The van der Waals surface area contributed by atoms with Crippen LogP contribution in [0.5, 0.6) is 0 Å². The number of nitrogens with one attached hydrogen (secondary N) is 3. The Balaban J connectivity index is 1.24. The monoisotopic (exact) mass is 535 g/mol. The second-order valence-corrected chi connectivity index (χ2v) is 11.3. The van der Waals surface area contributed by atoms with Crippen molar-refractivity contribution in [1.29, 1.82) is 0 Å². The summed E-state index contributed by atoms with van der Waals surface area (Å²) in [6, 6.07) is 15.2. The molecule has 0 bridgehead atoms. The van der Waals surface area contributed by atoms with Crippen molar-refractivity contribution in [3.05, 3.63) is 65.9 Å². The van der Waals surface area contributed by atoms with Crippen molar-refractivity contribution in [3.63, 3.8) is 0 Å². The third-order valence-corrected chi connectivity index (χ3v) is 7.88. The molecule has 2 amide bonds. The highest BCUT2D eigenvalue weighted by Crippen LogP contribution is 2.26. The number of likely N-dealkylation sites (tertiary alicyclic amines) is 1. The largest absolute Gasteiger partial charge is 0.337 e. The molecule has 0 aliphatic carbocycles. The van der Waals surface area contributed by atoms with Crippen molar-refractivity contribution in [2.45, 2.75) is 29.1 Å². The molecule has 1 unspecified atom stereocenters. The molecule has 3 aromatic rings. The number of amides is 2. The Morgan fingerprint density at radius 3 is 2.66 bits per heavy atom. The molecule has 0 radical (unpaired) electrons. The molecule has 186 valence electrons. The zero-order chi connectivity index (χ0) is 25.0. The van der Waals surface area contributed by atoms with Crippen molar-refractivity contribution in [2.75, 3.05) is 31.5 Å². The van der Waals surface area contributed by atoms with Gasteiger partial charge in [-0.1, -0.05) is 30.3 Å². The second kappa shape index (κ2) is 11.1. The Hall–Kier alpha value is -2.43. The average Bonchev–Trinajstić information content (AvgIpc) is 3.25. The van der Waals surface area contributed by atoms with Crippen molar-refractivity contribution in [2.24, 2.45) is 0 Å². The van der Waals surface area contributed by atoms with Gasteiger partial charge in [-0.15, -0.1) is 23.2 Å². The number of hydrogen-bond donors (Lipinski definition) is 3. The molecule has 11 heteroatoms. The highest BCUT2D eigenvalue weighted by Gasteiger charge is 2.27. The number of aryl methyl sites for hydroxylation is 1. The van der Waals surface area contributed by atoms with E-state index in [-0.39, 0.29) is 17.0 Å². The predicted octanol–water partition coefficient (Wildman–Crippen LogP) is 4.19. The number of carbonyl (C=O) groups is 1. The van der Waals surface area contributed by atoms with Crippen LogP contribution in [-0.2, 0) is 10.0 Å². The molecule has 1 fully saturated rings. The number of urea groups is 1. The topological polar surface area (TPSA) is 103 Å². The van der Waals surface area contributed by atoms with Crippen LogP contribution in [0.3, 0.4) is 0 Å². The number of rotatable bonds is 8. The number of carbonyl (C=O) groups excluding carboxylic acids is 1. The molecule has 1 saturated heterocycles. The third-order valence-electron chi connectivity index (χ3n) is 5.84. The molecule has 0 spiro atoms. The number of anilines is 1. The molecule has 1 aliphatic rings. The summed E-state index contributed by atoms with van der Waals surface area (Å²) >= 11 is 11.6. The van der Waals surface area contributed by atoms with E-state index in [9.17, 15) is 13.2 Å². The van der Waals surface area contributed by atoms with Gasteiger partial charge in [-0.2, -0.15) is 0 Å². The predicted molar refractivity (Wildman–Crippen MR) is 140 cm³/mol. The Kier molecular flexibility index (Phi) is 8.13. The van der Waals surface area contributed by atoms with Crippen LogP contribution in [0.1, 0.15) is 22.5 Å². The van der Waals surface area contributed by atoms with Crippen molar-refractivity contribution < 1.29 is 13.2 Å². The van der Waals surface area contributed by atoms with E-state index in [0.29, 0.717) is 37.3 Å². The minimum atomic E-state index is -3.65. The zero-order valence-corrected chi connectivity index (χ0v) is 21.5. The smallest absolute Gasteiger partial charge is 0.319 e. The van der Waals surface area contributed by atoms with Gasteiger partial charge in [0, 0.05) is 36.8 Å². The summed E-state index contributed by atoms with van der Waals surface area (Å²) in [4.78, 5) is 18.5. The van der Waals surface area contributed by atoms with Gasteiger partial charge in [-0.25, -0.2) is 17.9 Å². The Bertz CT molecular complexity index is 1300. The lowest BCUT2D eigenvalue weighted by Gasteiger charge is -2.17. The van der Waals surface area contributed by atoms with Gasteiger partial charge in [0.15, 0.2) is 0 Å². The van der Waals surface area contributed by atoms with E-state index in [4.69, 9.17) is 23.2 Å². The number of aromatic nitrogens is 1. The summed E-state index contributed by atoms with van der Waals surface area (Å²) in [6.07, 6.45) is 0.692. The maximum Gasteiger partial charge on any atom is 0.319 e. The van der Waals surface area contributed by atoms with E-state index in [1.165, 1.54) is 12.1 Å². The number of para-hydroxylation sites is 1. The van der Waals surface area contributed by atoms with Crippen LogP contribution < -0.4 is 15.4 Å². The highest BCUT2D eigenvalue weighted by atomic mass is 35.5. The minimum absolute atomic E-state index is 0.172. The lowest BCUT2D eigenvalue weighted by atomic mass is 10.1. The summed E-state index contributed by atoms with van der Waals surface area (Å²) in [6.45, 7) is 4.25. The molecule has 35 heavy (non-hydrogen) atoms. The zero-order valence-electron chi connectivity index (χ0n) is 19.2. The van der Waals surface area contributed by atoms with Gasteiger partial charge in [-0.05, 0) is 49.7 Å². The molecule has 2 aromatic carbocycles. The quantitative estimate of drug-likeness (QED) is 0.375. The number of nitrogens with zero attached hydrogens (tertiary/aromatic N) is 2. The summed E-state index contributed by atoms with van der Waals surface area (Å²) in [5, 5.41) is 6.65. The van der Waals surface area contributed by atoms with E-state index in [1.807, 2.05) is 37.3 Å². The summed E-state index contributed by atoms with van der Waals surface area (Å²) in [5.74, 6) is 0. The van der Waals surface area contributed by atoms with E-state index < -0.39 is 14.9 Å². The number of alkyl halides is 2. The maximum absolute atomic E-state index is 12.7. The average molecular weight is 536 g/mol. The van der Waals surface area contributed by atoms with Gasteiger partial charge in [0.25, 0.3) is 0 Å². The van der Waals surface area contributed by atoms with Gasteiger partial charge in [0.2, 0.25) is 10.0 Å². The Labute approximate surface area is 215 Å².